The Balaban J connectivity index is 1.41. The van der Waals surface area contributed by atoms with Crippen LogP contribution in [0.4, 0.5) is 0 Å². The van der Waals surface area contributed by atoms with Crippen molar-refractivity contribution in [1.82, 2.24) is 24.9 Å². The molecule has 2 aliphatic rings. The topological polar surface area (TPSA) is 82.4 Å². The number of fused-ring (bicyclic) bond motifs is 1. The fourth-order valence-corrected chi connectivity index (χ4v) is 2.86. The minimum Gasteiger partial charge on any atom is -0.478 e. The molecule has 0 saturated carbocycles. The molecule has 0 radical (unpaired) electrons. The Morgan fingerprint density at radius 2 is 2.35 bits per heavy atom. The van der Waals surface area contributed by atoms with Gasteiger partial charge in [0, 0.05) is 44.3 Å². The molecule has 1 unspecified atom stereocenters. The van der Waals surface area contributed by atoms with E-state index < -0.39 is 0 Å². The largest absolute Gasteiger partial charge is 0.478 e. The van der Waals surface area contributed by atoms with E-state index in [1.165, 1.54) is 0 Å². The summed E-state index contributed by atoms with van der Waals surface area (Å²) in [6.07, 6.45) is 3.22. The van der Waals surface area contributed by atoms with Crippen LogP contribution in [0.25, 0.3) is 0 Å². The molecule has 8 nitrogen and oxygen atoms in total. The van der Waals surface area contributed by atoms with E-state index in [2.05, 4.69) is 15.3 Å². The number of likely N-dealkylation sites (tertiary alicyclic amines) is 1. The van der Waals surface area contributed by atoms with E-state index in [1.807, 2.05) is 0 Å². The van der Waals surface area contributed by atoms with Crippen molar-refractivity contribution in [1.29, 1.82) is 0 Å². The van der Waals surface area contributed by atoms with Crippen LogP contribution in [0.15, 0.2) is 24.4 Å². The van der Waals surface area contributed by atoms with Crippen LogP contribution in [-0.4, -0.2) is 56.6 Å². The molecule has 120 valence electrons. The highest BCUT2D eigenvalue weighted by Crippen LogP contribution is 2.22. The lowest BCUT2D eigenvalue weighted by molar-refractivity contribution is 0.0764. The quantitative estimate of drug-likeness (QED) is 0.831. The fourth-order valence-electron chi connectivity index (χ4n) is 2.86. The number of ether oxygens (including phenoxy) is 2. The number of hydrogen-bond acceptors (Lipinski definition) is 6. The van der Waals surface area contributed by atoms with Crippen LogP contribution in [0.5, 0.6) is 11.8 Å². The van der Waals surface area contributed by atoms with Crippen molar-refractivity contribution in [2.24, 2.45) is 0 Å². The number of carbonyl (C=O) groups is 1. The Kier molecular flexibility index (Phi) is 3.57. The van der Waals surface area contributed by atoms with Crippen molar-refractivity contribution < 1.29 is 14.3 Å². The van der Waals surface area contributed by atoms with Crippen molar-refractivity contribution in [2.45, 2.75) is 25.5 Å². The number of amides is 1. The third-order valence-corrected chi connectivity index (χ3v) is 3.99. The molecule has 2 aromatic rings. The first-order valence-electron chi connectivity index (χ1n) is 7.74. The van der Waals surface area contributed by atoms with E-state index in [-0.39, 0.29) is 12.0 Å². The number of aromatic nitrogens is 4. The normalized spacial score (nSPS) is 20.0. The van der Waals surface area contributed by atoms with Crippen LogP contribution in [-0.2, 0) is 6.54 Å². The van der Waals surface area contributed by atoms with Gasteiger partial charge in [0.1, 0.15) is 6.10 Å². The van der Waals surface area contributed by atoms with Gasteiger partial charge in [-0.1, -0.05) is 0 Å². The summed E-state index contributed by atoms with van der Waals surface area (Å²) in [6.45, 7) is 2.64. The third kappa shape index (κ3) is 2.84. The molecule has 4 rings (SSSR count). The molecule has 1 amide bonds. The summed E-state index contributed by atoms with van der Waals surface area (Å²) in [5, 5.41) is 12.0. The minimum absolute atomic E-state index is 0.0656. The van der Waals surface area contributed by atoms with E-state index >= 15 is 0 Å². The van der Waals surface area contributed by atoms with Crippen LogP contribution in [0, 0.1) is 0 Å². The molecule has 0 aromatic carbocycles. The monoisotopic (exact) mass is 315 g/mol. The highest BCUT2D eigenvalue weighted by molar-refractivity contribution is 5.92. The summed E-state index contributed by atoms with van der Waals surface area (Å²) in [4.78, 5) is 14.3. The van der Waals surface area contributed by atoms with E-state index in [0.717, 1.165) is 19.4 Å². The van der Waals surface area contributed by atoms with E-state index in [4.69, 9.17) is 9.47 Å². The minimum atomic E-state index is -0.0826. The summed E-state index contributed by atoms with van der Waals surface area (Å²) >= 11 is 0. The van der Waals surface area contributed by atoms with Crippen LogP contribution in [0.2, 0.25) is 0 Å². The summed E-state index contributed by atoms with van der Waals surface area (Å²) < 4.78 is 13.0. The molecule has 0 aliphatic carbocycles. The van der Waals surface area contributed by atoms with Crippen LogP contribution in [0.3, 0.4) is 0 Å². The number of hydrogen-bond donors (Lipinski definition) is 0. The van der Waals surface area contributed by atoms with Crippen molar-refractivity contribution in [2.75, 3.05) is 19.7 Å². The SMILES string of the molecule is O=C(c1cc2n(n1)CCCO2)N1CCC(Oc2cccnn2)C1. The Labute approximate surface area is 133 Å². The molecule has 0 bridgehead atoms. The van der Waals surface area contributed by atoms with Gasteiger partial charge in [0.25, 0.3) is 5.91 Å². The highest BCUT2D eigenvalue weighted by Gasteiger charge is 2.30. The van der Waals surface area contributed by atoms with E-state index in [1.54, 1.807) is 34.0 Å². The fraction of sp³-hybridized carbons (Fsp3) is 0.467. The number of aryl methyl sites for hydroxylation is 1. The first-order valence-corrected chi connectivity index (χ1v) is 7.74. The molecule has 2 aromatic heterocycles. The summed E-state index contributed by atoms with van der Waals surface area (Å²) in [7, 11) is 0. The molecule has 2 aliphatic heterocycles. The van der Waals surface area contributed by atoms with Crippen LogP contribution < -0.4 is 9.47 Å². The maximum absolute atomic E-state index is 12.6. The zero-order valence-electron chi connectivity index (χ0n) is 12.6. The highest BCUT2D eigenvalue weighted by atomic mass is 16.5. The molecule has 1 atom stereocenters. The lowest BCUT2D eigenvalue weighted by Gasteiger charge is -2.15. The second kappa shape index (κ2) is 5.86. The van der Waals surface area contributed by atoms with Gasteiger partial charge in [-0.05, 0) is 6.07 Å². The second-order valence-corrected chi connectivity index (χ2v) is 5.63. The molecule has 1 saturated heterocycles. The zero-order chi connectivity index (χ0) is 15.6. The van der Waals surface area contributed by atoms with Gasteiger partial charge in [-0.2, -0.15) is 10.2 Å². The summed E-state index contributed by atoms with van der Waals surface area (Å²) in [5.41, 5.74) is 0.432. The number of carbonyl (C=O) groups excluding carboxylic acids is 1. The predicted octanol–water partition coefficient (Wildman–Crippen LogP) is 0.749. The number of nitrogens with zero attached hydrogens (tertiary/aromatic N) is 5. The molecule has 8 heteroatoms. The zero-order valence-corrected chi connectivity index (χ0v) is 12.6. The van der Waals surface area contributed by atoms with Crippen molar-refractivity contribution in [3.05, 3.63) is 30.1 Å². The molecular formula is C15H17N5O3. The Bertz CT molecular complexity index is 679. The summed E-state index contributed by atoms with van der Waals surface area (Å²) in [5.74, 6) is 1.07. The van der Waals surface area contributed by atoms with Gasteiger partial charge in [-0.25, -0.2) is 4.68 Å². The van der Waals surface area contributed by atoms with E-state index in [0.29, 0.717) is 37.2 Å². The van der Waals surface area contributed by atoms with Gasteiger partial charge in [-0.3, -0.25) is 4.79 Å². The molecule has 1 fully saturated rings. The Morgan fingerprint density at radius 1 is 1.39 bits per heavy atom. The van der Waals surface area contributed by atoms with Gasteiger partial charge in [0.15, 0.2) is 5.69 Å². The van der Waals surface area contributed by atoms with E-state index in [9.17, 15) is 4.79 Å². The average Bonchev–Trinajstić information content (AvgIpc) is 3.21. The van der Waals surface area contributed by atoms with Crippen molar-refractivity contribution in [3.8, 4) is 11.8 Å². The van der Waals surface area contributed by atoms with Gasteiger partial charge < -0.3 is 14.4 Å². The Hall–Kier alpha value is -2.64. The van der Waals surface area contributed by atoms with Crippen LogP contribution >= 0.6 is 0 Å². The van der Waals surface area contributed by atoms with Gasteiger partial charge in [0.2, 0.25) is 11.8 Å². The number of rotatable bonds is 3. The molecule has 23 heavy (non-hydrogen) atoms. The van der Waals surface area contributed by atoms with Gasteiger partial charge in [0.05, 0.1) is 13.2 Å². The molecule has 0 N–H and O–H groups in total. The Morgan fingerprint density at radius 3 is 3.17 bits per heavy atom. The second-order valence-electron chi connectivity index (χ2n) is 5.63. The lowest BCUT2D eigenvalue weighted by Crippen LogP contribution is -2.31. The maximum atomic E-state index is 12.6. The van der Waals surface area contributed by atoms with Crippen molar-refractivity contribution >= 4 is 5.91 Å². The smallest absolute Gasteiger partial charge is 0.274 e. The molecular weight excluding hydrogens is 298 g/mol. The average molecular weight is 315 g/mol. The van der Waals surface area contributed by atoms with Gasteiger partial charge >= 0.3 is 0 Å². The first kappa shape index (κ1) is 14.0. The lowest BCUT2D eigenvalue weighted by atomic mass is 10.3. The van der Waals surface area contributed by atoms with Gasteiger partial charge in [-0.15, -0.1) is 5.10 Å². The summed E-state index contributed by atoms with van der Waals surface area (Å²) in [6, 6.07) is 5.26. The van der Waals surface area contributed by atoms with Crippen LogP contribution in [0.1, 0.15) is 23.3 Å². The maximum Gasteiger partial charge on any atom is 0.274 e. The standard InChI is InChI=1S/C15H17N5O3/c21-15(12-9-14-20(18-12)6-2-8-22-14)19-7-4-11(10-19)23-13-3-1-5-16-17-13/h1,3,5,9,11H,2,4,6-8,10H2. The molecule has 0 spiro atoms. The third-order valence-electron chi connectivity index (χ3n) is 3.99. The molecule has 4 heterocycles. The predicted molar refractivity (Wildman–Crippen MR) is 79.3 cm³/mol. The van der Waals surface area contributed by atoms with Crippen molar-refractivity contribution in [3.63, 3.8) is 0 Å². The first-order chi connectivity index (χ1) is 11.3.